The minimum atomic E-state index is -2.01. The van der Waals surface area contributed by atoms with Gasteiger partial charge in [0.25, 0.3) is 0 Å². The van der Waals surface area contributed by atoms with Crippen molar-refractivity contribution in [2.45, 2.75) is 0 Å². The van der Waals surface area contributed by atoms with E-state index in [1.165, 1.54) is 0 Å². The molecule has 0 saturated heterocycles. The molecule has 0 aliphatic carbocycles. The maximum absolute atomic E-state index is 12.9. The van der Waals surface area contributed by atoms with E-state index in [4.69, 9.17) is 13.1 Å². The van der Waals surface area contributed by atoms with Gasteiger partial charge in [-0.2, -0.15) is 0 Å². The Morgan fingerprint density at radius 2 is 1.00 bits per heavy atom. The van der Waals surface area contributed by atoms with Gasteiger partial charge in [-0.05, 0) is 0 Å². The van der Waals surface area contributed by atoms with Gasteiger partial charge in [0.1, 0.15) is 5.82 Å². The van der Waals surface area contributed by atoms with Crippen molar-refractivity contribution >= 4 is 11.4 Å². The van der Waals surface area contributed by atoms with Crippen molar-refractivity contribution in [2.75, 3.05) is 0 Å². The molecule has 0 heterocycles. The fourth-order valence-corrected chi connectivity index (χ4v) is 0.805. The molecule has 70 valence electrons. The highest BCUT2D eigenvalue weighted by molar-refractivity contribution is 5.62. The first kappa shape index (κ1) is 10.0. The maximum Gasteiger partial charge on any atom is 0.249 e. The molecule has 0 aliphatic heterocycles. The van der Waals surface area contributed by atoms with Crippen molar-refractivity contribution in [1.29, 1.82) is 0 Å². The molecule has 6 heteroatoms. The van der Waals surface area contributed by atoms with E-state index in [0.717, 1.165) is 0 Å². The van der Waals surface area contributed by atoms with Crippen molar-refractivity contribution in [1.82, 2.24) is 0 Å². The highest BCUT2D eigenvalue weighted by atomic mass is 19.2. The van der Waals surface area contributed by atoms with Crippen LogP contribution in [-0.2, 0) is 0 Å². The van der Waals surface area contributed by atoms with Gasteiger partial charge in [-0.3, -0.25) is 0 Å². The van der Waals surface area contributed by atoms with Crippen LogP contribution in [0.5, 0.6) is 0 Å². The van der Waals surface area contributed by atoms with E-state index in [9.17, 15) is 17.6 Å². The average molecular weight is 200 g/mol. The summed E-state index contributed by atoms with van der Waals surface area (Å²) in [5.41, 5.74) is -2.62. The number of nitrogens with zero attached hydrogens (tertiary/aromatic N) is 2. The van der Waals surface area contributed by atoms with Gasteiger partial charge >= 0.3 is 0 Å². The molecule has 0 spiro atoms. The maximum atomic E-state index is 12.9. The largest absolute Gasteiger partial charge is 0.249 e. The zero-order valence-electron chi connectivity index (χ0n) is 6.41. The normalized spacial score (nSPS) is 9.29. The molecule has 0 amide bonds. The van der Waals surface area contributed by atoms with Crippen LogP contribution < -0.4 is 0 Å². The van der Waals surface area contributed by atoms with Crippen LogP contribution in [0.25, 0.3) is 9.69 Å². The van der Waals surface area contributed by atoms with E-state index in [1.54, 1.807) is 0 Å². The van der Waals surface area contributed by atoms with Gasteiger partial charge in [0.05, 0.1) is 13.1 Å². The summed E-state index contributed by atoms with van der Waals surface area (Å²) in [6.45, 7) is 12.6. The monoisotopic (exact) mass is 200 g/mol. The molecule has 0 unspecified atom stereocenters. The van der Waals surface area contributed by atoms with Crippen LogP contribution in [0.15, 0.2) is 0 Å². The SMILES string of the molecule is [C-]#[N+]c1c(F)c(F)c(F)c([N+]#[C-])c1F. The standard InChI is InChI=1S/C8F4N2/c1-13-7-4(10)3(9)5(11)8(14-2)6(7)12. The third-order valence-corrected chi connectivity index (χ3v) is 1.44. The van der Waals surface area contributed by atoms with E-state index in [1.807, 2.05) is 0 Å². The highest BCUT2D eigenvalue weighted by Gasteiger charge is 2.25. The van der Waals surface area contributed by atoms with Crippen LogP contribution in [0.1, 0.15) is 0 Å². The molecule has 0 N–H and O–H groups in total. The van der Waals surface area contributed by atoms with Gasteiger partial charge in [-0.1, -0.05) is 0 Å². The van der Waals surface area contributed by atoms with Gasteiger partial charge in [-0.25, -0.2) is 27.3 Å². The summed E-state index contributed by atoms with van der Waals surface area (Å²) in [6.07, 6.45) is 0. The first-order valence-corrected chi connectivity index (χ1v) is 3.15. The molecule has 14 heavy (non-hydrogen) atoms. The molecule has 1 aromatic rings. The molecule has 0 atom stereocenters. The number of hydrogen-bond acceptors (Lipinski definition) is 0. The van der Waals surface area contributed by atoms with Crippen molar-refractivity contribution in [2.24, 2.45) is 0 Å². The molecule has 0 aromatic heterocycles. The van der Waals surface area contributed by atoms with E-state index >= 15 is 0 Å². The Morgan fingerprint density at radius 3 is 1.29 bits per heavy atom. The van der Waals surface area contributed by atoms with Crippen LogP contribution in [0, 0.1) is 36.4 Å². The zero-order valence-corrected chi connectivity index (χ0v) is 6.41. The smallest absolute Gasteiger partial charge is 0.233 e. The minimum Gasteiger partial charge on any atom is -0.233 e. The van der Waals surface area contributed by atoms with Gasteiger partial charge in [0.15, 0.2) is 17.5 Å². The first-order chi connectivity index (χ1) is 6.54. The van der Waals surface area contributed by atoms with Crippen molar-refractivity contribution in [3.05, 3.63) is 46.1 Å². The van der Waals surface area contributed by atoms with E-state index < -0.39 is 34.6 Å². The molecular weight excluding hydrogens is 200 g/mol. The second-order valence-corrected chi connectivity index (χ2v) is 2.18. The summed E-state index contributed by atoms with van der Waals surface area (Å²) < 4.78 is 50.8. The Balaban J connectivity index is 3.78. The summed E-state index contributed by atoms with van der Waals surface area (Å²) in [5, 5.41) is 0. The fourth-order valence-electron chi connectivity index (χ4n) is 0.805. The molecule has 1 aromatic carbocycles. The van der Waals surface area contributed by atoms with E-state index in [-0.39, 0.29) is 0 Å². The van der Waals surface area contributed by atoms with E-state index in [2.05, 4.69) is 9.69 Å². The average Bonchev–Trinajstić information content (AvgIpc) is 2.16. The molecule has 0 radical (unpaired) electrons. The quantitative estimate of drug-likeness (QED) is 0.263. The summed E-state index contributed by atoms with van der Waals surface area (Å²) in [5.74, 6) is -7.51. The molecule has 0 saturated carbocycles. The lowest BCUT2D eigenvalue weighted by Crippen LogP contribution is -1.94. The topological polar surface area (TPSA) is 8.72 Å². The summed E-state index contributed by atoms with van der Waals surface area (Å²) in [4.78, 5) is 4.66. The number of halogens is 4. The number of benzene rings is 1. The Hall–Kier alpha value is -2.08. The third-order valence-electron chi connectivity index (χ3n) is 1.44. The van der Waals surface area contributed by atoms with Gasteiger partial charge in [-0.15, -0.1) is 0 Å². The van der Waals surface area contributed by atoms with Gasteiger partial charge in [0, 0.05) is 0 Å². The Bertz CT molecular complexity index is 441. The zero-order chi connectivity index (χ0) is 10.9. The van der Waals surface area contributed by atoms with Crippen LogP contribution in [0.3, 0.4) is 0 Å². The fraction of sp³-hybridized carbons (Fsp3) is 0. The predicted molar refractivity (Wildman–Crippen MR) is 38.8 cm³/mol. The van der Waals surface area contributed by atoms with Gasteiger partial charge < -0.3 is 0 Å². The van der Waals surface area contributed by atoms with Crippen LogP contribution in [0.4, 0.5) is 28.9 Å². The minimum absolute atomic E-state index is 1.31. The molecule has 0 bridgehead atoms. The molecule has 0 fully saturated rings. The Morgan fingerprint density at radius 1 is 0.643 bits per heavy atom. The van der Waals surface area contributed by atoms with Crippen LogP contribution >= 0.6 is 0 Å². The molecule has 1 rings (SSSR count). The second-order valence-electron chi connectivity index (χ2n) is 2.18. The molecule has 2 nitrogen and oxygen atoms in total. The summed E-state index contributed by atoms with van der Waals surface area (Å²) in [7, 11) is 0. The molecular formula is C8F4N2. The predicted octanol–water partition coefficient (Wildman–Crippen LogP) is 3.34. The second kappa shape index (κ2) is 3.35. The van der Waals surface area contributed by atoms with Crippen molar-refractivity contribution < 1.29 is 17.6 Å². The van der Waals surface area contributed by atoms with E-state index in [0.29, 0.717) is 0 Å². The first-order valence-electron chi connectivity index (χ1n) is 3.15. The lowest BCUT2D eigenvalue weighted by atomic mass is 10.2. The summed E-state index contributed by atoms with van der Waals surface area (Å²) >= 11 is 0. The Labute approximate surface area is 76.0 Å². The molecule has 0 aliphatic rings. The van der Waals surface area contributed by atoms with Gasteiger partial charge in [0.2, 0.25) is 11.4 Å². The lowest BCUT2D eigenvalue weighted by molar-refractivity contribution is 0.443. The highest BCUT2D eigenvalue weighted by Crippen LogP contribution is 2.35. The Kier molecular flexibility index (Phi) is 2.39. The van der Waals surface area contributed by atoms with Crippen molar-refractivity contribution in [3.63, 3.8) is 0 Å². The number of hydrogen-bond donors (Lipinski definition) is 0. The van der Waals surface area contributed by atoms with Crippen molar-refractivity contribution in [3.8, 4) is 0 Å². The summed E-state index contributed by atoms with van der Waals surface area (Å²) in [6, 6.07) is 0. The lowest BCUT2D eigenvalue weighted by Gasteiger charge is -2.02. The van der Waals surface area contributed by atoms with Crippen LogP contribution in [0.2, 0.25) is 0 Å². The third kappa shape index (κ3) is 1.17. The number of rotatable bonds is 0. The van der Waals surface area contributed by atoms with Crippen LogP contribution in [-0.4, -0.2) is 0 Å².